The average Bonchev–Trinajstić information content (AvgIpc) is 2.69. The molecule has 126 valence electrons. The van der Waals surface area contributed by atoms with Crippen molar-refractivity contribution in [1.29, 1.82) is 0 Å². The zero-order valence-electron chi connectivity index (χ0n) is 13.9. The summed E-state index contributed by atoms with van der Waals surface area (Å²) in [5.41, 5.74) is 11.3. The van der Waals surface area contributed by atoms with Crippen molar-refractivity contribution in [3.05, 3.63) is 90.7 Å². The summed E-state index contributed by atoms with van der Waals surface area (Å²) in [6.45, 7) is 0. The predicted octanol–water partition coefficient (Wildman–Crippen LogP) is 5.20. The number of halogens is 1. The number of nitrogens with two attached hydrogens (primary N) is 1. The van der Waals surface area contributed by atoms with E-state index >= 15 is 0 Å². The maximum atomic E-state index is 13.1. The number of hydrogen-bond donors (Lipinski definition) is 1. The second-order valence-corrected chi connectivity index (χ2v) is 5.95. The van der Waals surface area contributed by atoms with Crippen LogP contribution in [-0.4, -0.2) is 9.97 Å². The fourth-order valence-electron chi connectivity index (χ4n) is 2.85. The second-order valence-electron chi connectivity index (χ2n) is 5.95. The first-order valence-corrected chi connectivity index (χ1v) is 8.25. The van der Waals surface area contributed by atoms with E-state index in [0.29, 0.717) is 5.69 Å². The van der Waals surface area contributed by atoms with Crippen LogP contribution < -0.4 is 5.73 Å². The van der Waals surface area contributed by atoms with Crippen LogP contribution in [0.25, 0.3) is 33.6 Å². The molecular formula is C22H16FN3. The minimum Gasteiger partial charge on any atom is -0.368 e. The van der Waals surface area contributed by atoms with Gasteiger partial charge >= 0.3 is 0 Å². The molecule has 26 heavy (non-hydrogen) atoms. The van der Waals surface area contributed by atoms with Crippen molar-refractivity contribution in [2.75, 3.05) is 5.73 Å². The quantitative estimate of drug-likeness (QED) is 0.557. The highest BCUT2D eigenvalue weighted by molar-refractivity contribution is 5.72. The lowest BCUT2D eigenvalue weighted by Gasteiger charge is -2.08. The van der Waals surface area contributed by atoms with Gasteiger partial charge in [-0.25, -0.2) is 14.4 Å². The first-order valence-electron chi connectivity index (χ1n) is 8.25. The van der Waals surface area contributed by atoms with Gasteiger partial charge in [-0.2, -0.15) is 0 Å². The number of nitrogen functional groups attached to an aromatic ring is 1. The fourth-order valence-corrected chi connectivity index (χ4v) is 2.85. The molecule has 0 saturated heterocycles. The summed E-state index contributed by atoms with van der Waals surface area (Å²) in [6.07, 6.45) is 0. The minimum atomic E-state index is -0.285. The fraction of sp³-hybridized carbons (Fsp3) is 0. The van der Waals surface area contributed by atoms with Gasteiger partial charge in [0.1, 0.15) is 5.82 Å². The summed E-state index contributed by atoms with van der Waals surface area (Å²) < 4.78 is 13.1. The number of aromatic nitrogens is 2. The highest BCUT2D eigenvalue weighted by Gasteiger charge is 2.08. The maximum absolute atomic E-state index is 13.1. The van der Waals surface area contributed by atoms with Crippen LogP contribution in [0.5, 0.6) is 0 Å². The normalized spacial score (nSPS) is 10.7. The average molecular weight is 341 g/mol. The molecule has 1 heterocycles. The first-order chi connectivity index (χ1) is 12.7. The zero-order chi connectivity index (χ0) is 17.9. The van der Waals surface area contributed by atoms with Crippen LogP contribution in [0.2, 0.25) is 0 Å². The molecule has 3 nitrogen and oxygen atoms in total. The summed E-state index contributed by atoms with van der Waals surface area (Å²) in [7, 11) is 0. The van der Waals surface area contributed by atoms with Crippen LogP contribution in [0.4, 0.5) is 10.3 Å². The molecule has 0 unspecified atom stereocenters. The van der Waals surface area contributed by atoms with E-state index in [9.17, 15) is 4.39 Å². The Bertz CT molecular complexity index is 1030. The molecule has 0 amide bonds. The third kappa shape index (κ3) is 3.30. The molecule has 0 fully saturated rings. The summed E-state index contributed by atoms with van der Waals surface area (Å²) in [6, 6.07) is 26.3. The molecule has 3 aromatic carbocycles. The Morgan fingerprint density at radius 2 is 1.04 bits per heavy atom. The molecule has 4 rings (SSSR count). The Balaban J connectivity index is 1.70. The van der Waals surface area contributed by atoms with Gasteiger partial charge in [-0.3, -0.25) is 0 Å². The van der Waals surface area contributed by atoms with Crippen LogP contribution in [-0.2, 0) is 0 Å². The molecule has 0 spiro atoms. The van der Waals surface area contributed by atoms with Crippen LogP contribution in [0.3, 0.4) is 0 Å². The summed E-state index contributed by atoms with van der Waals surface area (Å²) in [5, 5.41) is 0. The van der Waals surface area contributed by atoms with E-state index in [1.54, 1.807) is 12.1 Å². The monoisotopic (exact) mass is 341 g/mol. The molecule has 1 aromatic heterocycles. The second kappa shape index (κ2) is 6.76. The van der Waals surface area contributed by atoms with Crippen molar-refractivity contribution in [3.8, 4) is 33.6 Å². The molecule has 4 heteroatoms. The molecule has 0 bridgehead atoms. The lowest BCUT2D eigenvalue weighted by atomic mass is 10.0. The topological polar surface area (TPSA) is 51.8 Å². The van der Waals surface area contributed by atoms with E-state index in [4.69, 9.17) is 5.73 Å². The smallest absolute Gasteiger partial charge is 0.221 e. The largest absolute Gasteiger partial charge is 0.368 e. The van der Waals surface area contributed by atoms with E-state index in [1.807, 2.05) is 36.4 Å². The number of anilines is 1. The predicted molar refractivity (Wildman–Crippen MR) is 103 cm³/mol. The van der Waals surface area contributed by atoms with Crippen LogP contribution >= 0.6 is 0 Å². The molecule has 0 saturated carbocycles. The minimum absolute atomic E-state index is 0.189. The van der Waals surface area contributed by atoms with Crippen LogP contribution in [0.15, 0.2) is 84.9 Å². The number of benzene rings is 3. The van der Waals surface area contributed by atoms with Gasteiger partial charge in [0.2, 0.25) is 5.95 Å². The molecule has 0 atom stereocenters. The van der Waals surface area contributed by atoms with Crippen molar-refractivity contribution >= 4 is 5.95 Å². The van der Waals surface area contributed by atoms with E-state index in [1.165, 1.54) is 12.1 Å². The van der Waals surface area contributed by atoms with Gasteiger partial charge in [0.05, 0.1) is 11.4 Å². The number of rotatable bonds is 3. The zero-order valence-corrected chi connectivity index (χ0v) is 13.9. The lowest BCUT2D eigenvalue weighted by Crippen LogP contribution is -1.98. The highest BCUT2D eigenvalue weighted by atomic mass is 19.1. The third-order valence-electron chi connectivity index (χ3n) is 4.17. The number of hydrogen-bond acceptors (Lipinski definition) is 3. The van der Waals surface area contributed by atoms with E-state index < -0.39 is 0 Å². The lowest BCUT2D eigenvalue weighted by molar-refractivity contribution is 0.628. The molecule has 2 N–H and O–H groups in total. The molecule has 4 aromatic rings. The Kier molecular flexibility index (Phi) is 4.15. The van der Waals surface area contributed by atoms with Crippen molar-refractivity contribution < 1.29 is 4.39 Å². The summed E-state index contributed by atoms with van der Waals surface area (Å²) >= 11 is 0. The Labute approximate surface area is 151 Å². The van der Waals surface area contributed by atoms with Gasteiger partial charge < -0.3 is 5.73 Å². The van der Waals surface area contributed by atoms with Crippen molar-refractivity contribution in [2.45, 2.75) is 0 Å². The van der Waals surface area contributed by atoms with E-state index in [2.05, 4.69) is 34.2 Å². The summed E-state index contributed by atoms with van der Waals surface area (Å²) in [4.78, 5) is 8.61. The maximum Gasteiger partial charge on any atom is 0.221 e. The molecule has 0 aliphatic rings. The van der Waals surface area contributed by atoms with Crippen LogP contribution in [0, 0.1) is 5.82 Å². The Hall–Kier alpha value is -3.53. The molecule has 0 aliphatic carbocycles. The van der Waals surface area contributed by atoms with Gasteiger partial charge in [-0.1, -0.05) is 54.6 Å². The SMILES string of the molecule is Nc1nc(-c2ccc(F)cc2)cc(-c2ccc(-c3ccccc3)cc2)n1. The third-order valence-corrected chi connectivity index (χ3v) is 4.17. The summed E-state index contributed by atoms with van der Waals surface area (Å²) in [5.74, 6) is -0.0959. The van der Waals surface area contributed by atoms with Crippen molar-refractivity contribution in [3.63, 3.8) is 0 Å². The van der Waals surface area contributed by atoms with Crippen molar-refractivity contribution in [1.82, 2.24) is 9.97 Å². The Morgan fingerprint density at radius 3 is 1.62 bits per heavy atom. The van der Waals surface area contributed by atoms with Gasteiger partial charge in [0, 0.05) is 11.1 Å². The van der Waals surface area contributed by atoms with E-state index in [-0.39, 0.29) is 11.8 Å². The molecular weight excluding hydrogens is 325 g/mol. The standard InChI is InChI=1S/C22H16FN3/c23-19-12-10-18(11-13-19)21-14-20(25-22(24)26-21)17-8-6-16(7-9-17)15-4-2-1-3-5-15/h1-14H,(H2,24,25,26). The van der Waals surface area contributed by atoms with Gasteiger partial charge in [-0.05, 0) is 41.5 Å². The molecule has 0 aliphatic heterocycles. The number of nitrogens with zero attached hydrogens (tertiary/aromatic N) is 2. The van der Waals surface area contributed by atoms with Crippen LogP contribution in [0.1, 0.15) is 0 Å². The van der Waals surface area contributed by atoms with Gasteiger partial charge in [0.15, 0.2) is 0 Å². The Morgan fingerprint density at radius 1 is 0.577 bits per heavy atom. The van der Waals surface area contributed by atoms with Gasteiger partial charge in [-0.15, -0.1) is 0 Å². The van der Waals surface area contributed by atoms with Crippen molar-refractivity contribution in [2.24, 2.45) is 0 Å². The highest BCUT2D eigenvalue weighted by Crippen LogP contribution is 2.27. The van der Waals surface area contributed by atoms with Gasteiger partial charge in [0.25, 0.3) is 0 Å². The molecule has 0 radical (unpaired) electrons. The van der Waals surface area contributed by atoms with E-state index in [0.717, 1.165) is 27.9 Å². The first kappa shape index (κ1) is 16.0.